The molecule has 0 unspecified atom stereocenters. The van der Waals surface area contributed by atoms with Gasteiger partial charge in [0, 0.05) is 17.1 Å². The maximum Gasteiger partial charge on any atom is 0.416 e. The third kappa shape index (κ3) is 5.88. The van der Waals surface area contributed by atoms with E-state index in [1.165, 1.54) is 5.56 Å². The molecule has 3 rings (SSSR count). The van der Waals surface area contributed by atoms with Gasteiger partial charge in [0.2, 0.25) is 0 Å². The highest BCUT2D eigenvalue weighted by Crippen LogP contribution is 2.34. The summed E-state index contributed by atoms with van der Waals surface area (Å²) in [7, 11) is 0. The van der Waals surface area contributed by atoms with Gasteiger partial charge in [0.25, 0.3) is 0 Å². The molecule has 150 valence electrons. The monoisotopic (exact) mass is 396 g/mol. The lowest BCUT2D eigenvalue weighted by Gasteiger charge is -2.13. The summed E-state index contributed by atoms with van der Waals surface area (Å²) in [5.41, 5.74) is 9.02. The van der Waals surface area contributed by atoms with Crippen LogP contribution in [0.15, 0.2) is 85.1 Å². The van der Waals surface area contributed by atoms with E-state index in [1.54, 1.807) is 24.3 Å². The number of halogens is 3. The standard InChI is InChI=1S/C24H23F3N2/c1-17(7-5-10-18-8-3-2-4-9-18)29-23-12-6-11-19(15-23)20-13-21(24(25,26)27)16-22(28)14-20/h2-4,6,8-9,11-16,29H,1,5,7,10,28H2. The van der Waals surface area contributed by atoms with Gasteiger partial charge in [-0.2, -0.15) is 13.2 Å². The molecule has 0 bridgehead atoms. The van der Waals surface area contributed by atoms with Crippen molar-refractivity contribution < 1.29 is 13.2 Å². The Kier molecular flexibility index (Phi) is 6.27. The third-order valence-corrected chi connectivity index (χ3v) is 4.59. The number of hydrogen-bond donors (Lipinski definition) is 2. The topological polar surface area (TPSA) is 38.0 Å². The zero-order valence-electron chi connectivity index (χ0n) is 16.0. The average Bonchev–Trinajstić information content (AvgIpc) is 2.68. The van der Waals surface area contributed by atoms with Gasteiger partial charge in [-0.3, -0.25) is 0 Å². The predicted octanol–water partition coefficient (Wildman–Crippen LogP) is 6.90. The van der Waals surface area contributed by atoms with Crippen LogP contribution in [0.3, 0.4) is 0 Å². The highest BCUT2D eigenvalue weighted by Gasteiger charge is 2.31. The first-order valence-electron chi connectivity index (χ1n) is 9.38. The Morgan fingerprint density at radius 3 is 2.38 bits per heavy atom. The van der Waals surface area contributed by atoms with Gasteiger partial charge in [-0.15, -0.1) is 0 Å². The number of alkyl halides is 3. The van der Waals surface area contributed by atoms with Gasteiger partial charge in [0.05, 0.1) is 5.56 Å². The molecular formula is C24H23F3N2. The van der Waals surface area contributed by atoms with Crippen LogP contribution in [-0.4, -0.2) is 0 Å². The summed E-state index contributed by atoms with van der Waals surface area (Å²) < 4.78 is 39.2. The lowest BCUT2D eigenvalue weighted by molar-refractivity contribution is -0.137. The van der Waals surface area contributed by atoms with Crippen LogP contribution in [0.25, 0.3) is 11.1 Å². The van der Waals surface area contributed by atoms with Crippen LogP contribution in [0.1, 0.15) is 24.0 Å². The van der Waals surface area contributed by atoms with E-state index in [1.807, 2.05) is 24.3 Å². The summed E-state index contributed by atoms with van der Waals surface area (Å²) in [6.45, 7) is 4.06. The van der Waals surface area contributed by atoms with Crippen molar-refractivity contribution in [2.24, 2.45) is 0 Å². The molecule has 3 aromatic rings. The van der Waals surface area contributed by atoms with Crippen LogP contribution in [0.2, 0.25) is 0 Å². The second kappa shape index (κ2) is 8.86. The van der Waals surface area contributed by atoms with Crippen molar-refractivity contribution in [3.8, 4) is 11.1 Å². The molecule has 0 aliphatic carbocycles. The van der Waals surface area contributed by atoms with Gasteiger partial charge in [0.15, 0.2) is 0 Å². The molecule has 0 spiro atoms. The number of benzene rings is 3. The summed E-state index contributed by atoms with van der Waals surface area (Å²) in [6, 6.07) is 21.1. The fourth-order valence-electron chi connectivity index (χ4n) is 3.18. The first-order valence-corrected chi connectivity index (χ1v) is 9.38. The van der Waals surface area contributed by atoms with E-state index in [2.05, 4.69) is 24.0 Å². The molecule has 0 aliphatic heterocycles. The average molecular weight is 396 g/mol. The summed E-state index contributed by atoms with van der Waals surface area (Å²) in [5, 5.41) is 3.25. The van der Waals surface area contributed by atoms with E-state index in [9.17, 15) is 13.2 Å². The molecule has 0 radical (unpaired) electrons. The van der Waals surface area contributed by atoms with Gasteiger partial charge >= 0.3 is 6.18 Å². The molecule has 3 N–H and O–H groups in total. The van der Waals surface area contributed by atoms with E-state index < -0.39 is 11.7 Å². The molecule has 0 fully saturated rings. The molecule has 3 aromatic carbocycles. The normalized spacial score (nSPS) is 11.3. The molecular weight excluding hydrogens is 373 g/mol. The first-order chi connectivity index (χ1) is 13.8. The summed E-state index contributed by atoms with van der Waals surface area (Å²) in [6.07, 6.45) is -1.71. The van der Waals surface area contributed by atoms with Gasteiger partial charge in [-0.25, -0.2) is 0 Å². The van der Waals surface area contributed by atoms with Gasteiger partial charge < -0.3 is 11.1 Å². The van der Waals surface area contributed by atoms with Crippen LogP contribution in [0.4, 0.5) is 24.5 Å². The highest BCUT2D eigenvalue weighted by molar-refractivity contribution is 5.72. The molecule has 0 heterocycles. The van der Waals surface area contributed by atoms with Crippen molar-refractivity contribution in [3.05, 3.63) is 96.2 Å². The van der Waals surface area contributed by atoms with Crippen molar-refractivity contribution in [1.29, 1.82) is 0 Å². The minimum atomic E-state index is -4.44. The molecule has 0 aliphatic rings. The number of aryl methyl sites for hydroxylation is 1. The molecule has 5 heteroatoms. The third-order valence-electron chi connectivity index (χ3n) is 4.59. The molecule has 0 aromatic heterocycles. The smallest absolute Gasteiger partial charge is 0.399 e. The minimum absolute atomic E-state index is 0.0820. The van der Waals surface area contributed by atoms with Crippen molar-refractivity contribution in [3.63, 3.8) is 0 Å². The quantitative estimate of drug-likeness (QED) is 0.426. The van der Waals surface area contributed by atoms with Crippen LogP contribution < -0.4 is 11.1 Å². The predicted molar refractivity (Wildman–Crippen MR) is 113 cm³/mol. The molecule has 0 saturated carbocycles. The Labute approximate surface area is 168 Å². The second-order valence-electron chi connectivity index (χ2n) is 6.99. The Balaban J connectivity index is 1.67. The molecule has 29 heavy (non-hydrogen) atoms. The molecule has 0 atom stereocenters. The number of rotatable bonds is 7. The number of hydrogen-bond acceptors (Lipinski definition) is 2. The Morgan fingerprint density at radius 2 is 1.66 bits per heavy atom. The SMILES string of the molecule is C=C(CCCc1ccccc1)Nc1cccc(-c2cc(N)cc(C(F)(F)F)c2)c1. The minimum Gasteiger partial charge on any atom is -0.399 e. The van der Waals surface area contributed by atoms with Crippen LogP contribution >= 0.6 is 0 Å². The highest BCUT2D eigenvalue weighted by atomic mass is 19.4. The van der Waals surface area contributed by atoms with E-state index in [4.69, 9.17) is 5.73 Å². The van der Waals surface area contributed by atoms with Crippen LogP contribution in [0, 0.1) is 0 Å². The Morgan fingerprint density at radius 1 is 0.897 bits per heavy atom. The fourth-order valence-corrected chi connectivity index (χ4v) is 3.18. The van der Waals surface area contributed by atoms with Crippen LogP contribution in [0.5, 0.6) is 0 Å². The van der Waals surface area contributed by atoms with Gasteiger partial charge in [-0.05, 0) is 66.3 Å². The maximum atomic E-state index is 13.1. The summed E-state index contributed by atoms with van der Waals surface area (Å²) in [5.74, 6) is 0. The molecule has 2 nitrogen and oxygen atoms in total. The van der Waals surface area contributed by atoms with Crippen molar-refractivity contribution in [2.45, 2.75) is 25.4 Å². The van der Waals surface area contributed by atoms with E-state index in [-0.39, 0.29) is 5.69 Å². The fraction of sp³-hybridized carbons (Fsp3) is 0.167. The summed E-state index contributed by atoms with van der Waals surface area (Å²) >= 11 is 0. The molecule has 0 saturated heterocycles. The van der Waals surface area contributed by atoms with E-state index in [0.717, 1.165) is 42.8 Å². The number of nitrogen functional groups attached to an aromatic ring is 1. The zero-order chi connectivity index (χ0) is 20.9. The van der Waals surface area contributed by atoms with Crippen molar-refractivity contribution >= 4 is 11.4 Å². The molecule has 0 amide bonds. The van der Waals surface area contributed by atoms with Crippen molar-refractivity contribution in [1.82, 2.24) is 0 Å². The first kappa shape index (κ1) is 20.5. The van der Waals surface area contributed by atoms with Gasteiger partial charge in [-0.1, -0.05) is 49.0 Å². The summed E-state index contributed by atoms with van der Waals surface area (Å²) in [4.78, 5) is 0. The largest absolute Gasteiger partial charge is 0.416 e. The second-order valence-corrected chi connectivity index (χ2v) is 6.99. The van der Waals surface area contributed by atoms with Crippen molar-refractivity contribution in [2.75, 3.05) is 11.1 Å². The Bertz CT molecular complexity index is 979. The lowest BCUT2D eigenvalue weighted by Crippen LogP contribution is -2.06. The Hall–Kier alpha value is -3.21. The maximum absolute atomic E-state index is 13.1. The van der Waals surface area contributed by atoms with Crippen LogP contribution in [-0.2, 0) is 12.6 Å². The van der Waals surface area contributed by atoms with E-state index in [0.29, 0.717) is 11.1 Å². The number of allylic oxidation sites excluding steroid dienone is 1. The number of anilines is 2. The number of nitrogens with one attached hydrogen (secondary N) is 1. The number of nitrogens with two attached hydrogens (primary N) is 1. The van der Waals surface area contributed by atoms with E-state index >= 15 is 0 Å². The van der Waals surface area contributed by atoms with Gasteiger partial charge in [0.1, 0.15) is 0 Å². The zero-order valence-corrected chi connectivity index (χ0v) is 16.0. The lowest BCUT2D eigenvalue weighted by atomic mass is 10.0.